The Morgan fingerprint density at radius 1 is 1.35 bits per heavy atom. The highest BCUT2D eigenvalue weighted by Gasteiger charge is 2.26. The third-order valence-electron chi connectivity index (χ3n) is 3.18. The van der Waals surface area contributed by atoms with Gasteiger partial charge in [-0.3, -0.25) is 4.79 Å². The van der Waals surface area contributed by atoms with Crippen molar-refractivity contribution in [3.63, 3.8) is 0 Å². The Balaban J connectivity index is 2.51. The lowest BCUT2D eigenvalue weighted by Crippen LogP contribution is -2.49. The van der Waals surface area contributed by atoms with Gasteiger partial charge in [0.1, 0.15) is 5.75 Å². The predicted molar refractivity (Wildman–Crippen MR) is 81.8 cm³/mol. The quantitative estimate of drug-likeness (QED) is 0.837. The van der Waals surface area contributed by atoms with Crippen LogP contribution in [0.4, 0.5) is 0 Å². The first-order valence-corrected chi connectivity index (χ1v) is 7.10. The minimum atomic E-state index is -0.496. The van der Waals surface area contributed by atoms with Crippen LogP contribution in [0.2, 0.25) is 0 Å². The highest BCUT2D eigenvalue weighted by Crippen LogP contribution is 2.19. The van der Waals surface area contributed by atoms with Crippen molar-refractivity contribution >= 4 is 5.91 Å². The molecule has 0 bridgehead atoms. The van der Waals surface area contributed by atoms with Crippen molar-refractivity contribution in [1.82, 2.24) is 5.32 Å². The van der Waals surface area contributed by atoms with Gasteiger partial charge < -0.3 is 15.8 Å². The molecule has 0 heterocycles. The number of amides is 1. The van der Waals surface area contributed by atoms with Crippen LogP contribution in [-0.2, 0) is 11.2 Å². The fraction of sp³-hybridized carbons (Fsp3) is 0.562. The average Bonchev–Trinajstić information content (AvgIpc) is 2.39. The van der Waals surface area contributed by atoms with Crippen molar-refractivity contribution in [2.24, 2.45) is 11.1 Å². The van der Waals surface area contributed by atoms with E-state index < -0.39 is 6.04 Å². The standard InChI is InChI=1S/C16H26N2O2/c1-5-20-13-9-7-6-8-12(13)10-11-18-15(19)14(17)16(2,3)4/h6-9,14H,5,10-11,17H2,1-4H3,(H,18,19)/t14-/m1/s1. The fourth-order valence-corrected chi connectivity index (χ4v) is 1.83. The van der Waals surface area contributed by atoms with Crippen LogP contribution in [0.25, 0.3) is 0 Å². The van der Waals surface area contributed by atoms with E-state index in [1.165, 1.54) is 0 Å². The van der Waals surface area contributed by atoms with E-state index in [9.17, 15) is 4.79 Å². The van der Waals surface area contributed by atoms with E-state index in [4.69, 9.17) is 10.5 Å². The first kappa shape index (κ1) is 16.5. The molecule has 4 nitrogen and oxygen atoms in total. The first-order chi connectivity index (χ1) is 9.36. The van der Waals surface area contributed by atoms with Crippen LogP contribution >= 0.6 is 0 Å². The maximum atomic E-state index is 11.9. The molecule has 1 amide bonds. The first-order valence-electron chi connectivity index (χ1n) is 7.10. The molecule has 1 aromatic rings. The summed E-state index contributed by atoms with van der Waals surface area (Å²) in [4.78, 5) is 11.9. The SMILES string of the molecule is CCOc1ccccc1CCNC(=O)[C@@H](N)C(C)(C)C. The van der Waals surface area contributed by atoms with E-state index in [1.54, 1.807) is 0 Å². The number of hydrogen-bond donors (Lipinski definition) is 2. The summed E-state index contributed by atoms with van der Waals surface area (Å²) in [5, 5.41) is 2.89. The summed E-state index contributed by atoms with van der Waals surface area (Å²) in [6.07, 6.45) is 0.735. The molecule has 20 heavy (non-hydrogen) atoms. The van der Waals surface area contributed by atoms with Crippen LogP contribution in [0, 0.1) is 5.41 Å². The number of hydrogen-bond acceptors (Lipinski definition) is 3. The zero-order chi connectivity index (χ0) is 15.2. The van der Waals surface area contributed by atoms with E-state index in [0.717, 1.165) is 17.7 Å². The average molecular weight is 278 g/mol. The van der Waals surface area contributed by atoms with Gasteiger partial charge in [-0.25, -0.2) is 0 Å². The summed E-state index contributed by atoms with van der Waals surface area (Å²) < 4.78 is 5.56. The third kappa shape index (κ3) is 4.85. The Kier molecular flexibility index (Phi) is 6.02. The number of nitrogens with one attached hydrogen (secondary N) is 1. The van der Waals surface area contributed by atoms with Gasteiger partial charge in [0.15, 0.2) is 0 Å². The van der Waals surface area contributed by atoms with E-state index >= 15 is 0 Å². The van der Waals surface area contributed by atoms with Crippen molar-refractivity contribution in [1.29, 1.82) is 0 Å². The summed E-state index contributed by atoms with van der Waals surface area (Å²) in [5.41, 5.74) is 6.78. The summed E-state index contributed by atoms with van der Waals surface area (Å²) in [6, 6.07) is 7.38. The number of para-hydroxylation sites is 1. The number of ether oxygens (including phenoxy) is 1. The molecule has 1 atom stereocenters. The van der Waals surface area contributed by atoms with Crippen molar-refractivity contribution in [3.05, 3.63) is 29.8 Å². The lowest BCUT2D eigenvalue weighted by atomic mass is 9.87. The van der Waals surface area contributed by atoms with Gasteiger partial charge in [0, 0.05) is 6.54 Å². The number of nitrogens with two attached hydrogens (primary N) is 1. The molecule has 1 rings (SSSR count). The lowest BCUT2D eigenvalue weighted by molar-refractivity contribution is -0.124. The molecule has 0 radical (unpaired) electrons. The molecular weight excluding hydrogens is 252 g/mol. The van der Waals surface area contributed by atoms with E-state index in [1.807, 2.05) is 52.0 Å². The molecule has 3 N–H and O–H groups in total. The van der Waals surface area contributed by atoms with Gasteiger partial charge in [-0.2, -0.15) is 0 Å². The normalized spacial score (nSPS) is 12.8. The van der Waals surface area contributed by atoms with Crippen LogP contribution in [0.15, 0.2) is 24.3 Å². The van der Waals surface area contributed by atoms with E-state index in [2.05, 4.69) is 5.32 Å². The minimum Gasteiger partial charge on any atom is -0.494 e. The van der Waals surface area contributed by atoms with Gasteiger partial charge in [-0.1, -0.05) is 39.0 Å². The highest BCUT2D eigenvalue weighted by molar-refractivity contribution is 5.82. The second-order valence-corrected chi connectivity index (χ2v) is 5.93. The minimum absolute atomic E-state index is 0.105. The molecule has 0 saturated carbocycles. The van der Waals surface area contributed by atoms with Crippen molar-refractivity contribution < 1.29 is 9.53 Å². The Morgan fingerprint density at radius 3 is 2.60 bits per heavy atom. The Morgan fingerprint density at radius 2 is 2.00 bits per heavy atom. The molecule has 0 fully saturated rings. The summed E-state index contributed by atoms with van der Waals surface area (Å²) >= 11 is 0. The van der Waals surface area contributed by atoms with Crippen LogP contribution in [0.5, 0.6) is 5.75 Å². The topological polar surface area (TPSA) is 64.3 Å². The molecular formula is C16H26N2O2. The van der Waals surface area contributed by atoms with Crippen LogP contribution in [-0.4, -0.2) is 25.1 Å². The molecule has 0 aromatic heterocycles. The van der Waals surface area contributed by atoms with Crippen LogP contribution < -0.4 is 15.8 Å². The van der Waals surface area contributed by atoms with Gasteiger partial charge in [0.25, 0.3) is 0 Å². The number of benzene rings is 1. The zero-order valence-electron chi connectivity index (χ0n) is 12.9. The molecule has 1 aromatic carbocycles. The molecule has 0 unspecified atom stereocenters. The summed E-state index contributed by atoms with van der Waals surface area (Å²) in [6.45, 7) is 9.04. The third-order valence-corrected chi connectivity index (χ3v) is 3.18. The van der Waals surface area contributed by atoms with Gasteiger partial charge in [-0.15, -0.1) is 0 Å². The zero-order valence-corrected chi connectivity index (χ0v) is 12.9. The lowest BCUT2D eigenvalue weighted by Gasteiger charge is -2.25. The van der Waals surface area contributed by atoms with Gasteiger partial charge >= 0.3 is 0 Å². The van der Waals surface area contributed by atoms with Crippen molar-refractivity contribution in [2.75, 3.05) is 13.2 Å². The second kappa shape index (κ2) is 7.29. The number of carbonyl (C=O) groups is 1. The summed E-state index contributed by atoms with van der Waals surface area (Å²) in [7, 11) is 0. The molecule has 0 aliphatic heterocycles. The second-order valence-electron chi connectivity index (χ2n) is 5.93. The highest BCUT2D eigenvalue weighted by atomic mass is 16.5. The van der Waals surface area contributed by atoms with Crippen LogP contribution in [0.3, 0.4) is 0 Å². The van der Waals surface area contributed by atoms with E-state index in [0.29, 0.717) is 13.2 Å². The fourth-order valence-electron chi connectivity index (χ4n) is 1.83. The molecule has 0 spiro atoms. The Hall–Kier alpha value is -1.55. The molecule has 112 valence electrons. The monoisotopic (exact) mass is 278 g/mol. The van der Waals surface area contributed by atoms with E-state index in [-0.39, 0.29) is 11.3 Å². The van der Waals surface area contributed by atoms with Crippen molar-refractivity contribution in [3.8, 4) is 5.75 Å². The Labute approximate surface area is 121 Å². The van der Waals surface area contributed by atoms with Gasteiger partial charge in [0.05, 0.1) is 12.6 Å². The van der Waals surface area contributed by atoms with Crippen LogP contribution in [0.1, 0.15) is 33.3 Å². The maximum Gasteiger partial charge on any atom is 0.237 e. The molecule has 0 aliphatic rings. The van der Waals surface area contributed by atoms with Crippen molar-refractivity contribution in [2.45, 2.75) is 40.2 Å². The number of rotatable bonds is 6. The molecule has 4 heteroatoms. The number of carbonyl (C=O) groups excluding carboxylic acids is 1. The smallest absolute Gasteiger partial charge is 0.237 e. The maximum absolute atomic E-state index is 11.9. The predicted octanol–water partition coefficient (Wildman–Crippen LogP) is 2.12. The summed E-state index contributed by atoms with van der Waals surface area (Å²) in [5.74, 6) is 0.774. The van der Waals surface area contributed by atoms with Gasteiger partial charge in [-0.05, 0) is 30.4 Å². The largest absolute Gasteiger partial charge is 0.494 e. The Bertz CT molecular complexity index is 438. The molecule has 0 aliphatic carbocycles. The molecule has 0 saturated heterocycles. The van der Waals surface area contributed by atoms with Gasteiger partial charge in [0.2, 0.25) is 5.91 Å².